The molecule has 2 aromatic rings. The fraction of sp³-hybridized carbons (Fsp3) is 0.375. The number of fused-ring (bicyclic) bond motifs is 1. The van der Waals surface area contributed by atoms with Crippen LogP contribution >= 0.6 is 0 Å². The number of carboxylic acids is 1. The van der Waals surface area contributed by atoms with Gasteiger partial charge in [-0.1, -0.05) is 18.2 Å². The largest absolute Gasteiger partial charge is 0.477 e. The molecular weight excluding hydrogens is 252 g/mol. The molecule has 20 heavy (non-hydrogen) atoms. The molecule has 4 nitrogen and oxygen atoms in total. The Bertz CT molecular complexity index is 675. The molecule has 1 fully saturated rings. The van der Waals surface area contributed by atoms with Gasteiger partial charge in [-0.2, -0.15) is 0 Å². The predicted molar refractivity (Wildman–Crippen MR) is 79.1 cm³/mol. The molecule has 1 aromatic heterocycles. The summed E-state index contributed by atoms with van der Waals surface area (Å²) in [6, 6.07) is 9.27. The lowest BCUT2D eigenvalue weighted by Gasteiger charge is -2.28. The molecule has 0 radical (unpaired) electrons. The van der Waals surface area contributed by atoms with E-state index < -0.39 is 5.97 Å². The average Bonchev–Trinajstić information content (AvgIpc) is 3.22. The van der Waals surface area contributed by atoms with E-state index >= 15 is 0 Å². The van der Waals surface area contributed by atoms with Gasteiger partial charge in [-0.05, 0) is 44.7 Å². The highest BCUT2D eigenvalue weighted by Gasteiger charge is 2.37. The summed E-state index contributed by atoms with van der Waals surface area (Å²) in [5.74, 6) is -0.342. The number of carbonyl (C=O) groups is 1. The summed E-state index contributed by atoms with van der Waals surface area (Å²) in [6.45, 7) is 4.33. The normalized spacial score (nSPS) is 15.3. The monoisotopic (exact) mass is 270 g/mol. The molecule has 2 N–H and O–H groups in total. The molecule has 1 aliphatic carbocycles. The molecule has 1 aliphatic rings. The van der Waals surface area contributed by atoms with Gasteiger partial charge in [0.05, 0.1) is 5.52 Å². The fourth-order valence-corrected chi connectivity index (χ4v) is 2.64. The zero-order valence-electron chi connectivity index (χ0n) is 11.7. The minimum absolute atomic E-state index is 0.0279. The summed E-state index contributed by atoms with van der Waals surface area (Å²) >= 11 is 0. The van der Waals surface area contributed by atoms with Crippen molar-refractivity contribution in [3.63, 3.8) is 0 Å². The molecule has 0 amide bonds. The van der Waals surface area contributed by atoms with E-state index in [1.165, 1.54) is 12.8 Å². The number of anilines is 1. The number of hydrogen-bond donors (Lipinski definition) is 2. The SMILES string of the molecule is CC(C)(Nc1cc(C(=O)O)nc2ccccc12)C1CC1. The van der Waals surface area contributed by atoms with Crippen LogP contribution in [-0.2, 0) is 0 Å². The van der Waals surface area contributed by atoms with E-state index in [1.54, 1.807) is 6.07 Å². The van der Waals surface area contributed by atoms with Crippen LogP contribution in [0.5, 0.6) is 0 Å². The lowest BCUT2D eigenvalue weighted by atomic mass is 9.97. The maximum atomic E-state index is 11.2. The van der Waals surface area contributed by atoms with Crippen LogP contribution in [-0.4, -0.2) is 21.6 Å². The molecule has 0 spiro atoms. The second-order valence-electron chi connectivity index (χ2n) is 6.00. The second kappa shape index (κ2) is 4.47. The average molecular weight is 270 g/mol. The van der Waals surface area contributed by atoms with Crippen molar-refractivity contribution in [3.05, 3.63) is 36.0 Å². The molecule has 1 heterocycles. The number of aromatic carboxylic acids is 1. The minimum atomic E-state index is -0.997. The fourth-order valence-electron chi connectivity index (χ4n) is 2.64. The van der Waals surface area contributed by atoms with Crippen LogP contribution in [0, 0.1) is 5.92 Å². The van der Waals surface area contributed by atoms with Crippen molar-refractivity contribution in [1.29, 1.82) is 0 Å². The van der Waals surface area contributed by atoms with Gasteiger partial charge in [0.25, 0.3) is 0 Å². The maximum Gasteiger partial charge on any atom is 0.354 e. The first-order chi connectivity index (χ1) is 9.47. The van der Waals surface area contributed by atoms with Crippen LogP contribution in [0.15, 0.2) is 30.3 Å². The third-order valence-electron chi connectivity index (χ3n) is 3.99. The van der Waals surface area contributed by atoms with Gasteiger partial charge in [0.15, 0.2) is 5.69 Å². The number of carboxylic acid groups (broad SMARTS) is 1. The van der Waals surface area contributed by atoms with Crippen LogP contribution in [0.1, 0.15) is 37.2 Å². The smallest absolute Gasteiger partial charge is 0.354 e. The molecule has 0 bridgehead atoms. The molecule has 3 rings (SSSR count). The number of pyridine rings is 1. The van der Waals surface area contributed by atoms with Crippen molar-refractivity contribution in [3.8, 4) is 0 Å². The van der Waals surface area contributed by atoms with E-state index in [9.17, 15) is 9.90 Å². The molecule has 104 valence electrons. The highest BCUT2D eigenvalue weighted by atomic mass is 16.4. The Kier molecular flexibility index (Phi) is 2.89. The standard InChI is InChI=1S/C16H18N2O2/c1-16(2,10-7-8-10)18-13-9-14(15(19)20)17-12-6-4-3-5-11(12)13/h3-6,9-10H,7-8H2,1-2H3,(H,17,18)(H,19,20). The van der Waals surface area contributed by atoms with E-state index in [2.05, 4.69) is 24.1 Å². The van der Waals surface area contributed by atoms with Gasteiger partial charge in [0.1, 0.15) is 0 Å². The van der Waals surface area contributed by atoms with Crippen molar-refractivity contribution < 1.29 is 9.90 Å². The first-order valence-corrected chi connectivity index (χ1v) is 6.88. The molecule has 0 atom stereocenters. The van der Waals surface area contributed by atoms with Gasteiger partial charge in [0, 0.05) is 16.6 Å². The van der Waals surface area contributed by atoms with Crippen LogP contribution in [0.4, 0.5) is 5.69 Å². The summed E-state index contributed by atoms with van der Waals surface area (Å²) < 4.78 is 0. The minimum Gasteiger partial charge on any atom is -0.477 e. The molecule has 1 saturated carbocycles. The Hall–Kier alpha value is -2.10. The topological polar surface area (TPSA) is 62.2 Å². The summed E-state index contributed by atoms with van der Waals surface area (Å²) in [7, 11) is 0. The molecule has 1 aromatic carbocycles. The Morgan fingerprint density at radius 1 is 1.35 bits per heavy atom. The number of nitrogens with zero attached hydrogens (tertiary/aromatic N) is 1. The lowest BCUT2D eigenvalue weighted by Crippen LogP contribution is -2.33. The second-order valence-corrected chi connectivity index (χ2v) is 6.00. The zero-order valence-corrected chi connectivity index (χ0v) is 11.7. The lowest BCUT2D eigenvalue weighted by molar-refractivity contribution is 0.0691. The first kappa shape index (κ1) is 12.9. The van der Waals surface area contributed by atoms with Gasteiger partial charge in [-0.25, -0.2) is 9.78 Å². The summed E-state index contributed by atoms with van der Waals surface area (Å²) in [5.41, 5.74) is 1.61. The highest BCUT2D eigenvalue weighted by Crippen LogP contribution is 2.41. The third kappa shape index (κ3) is 2.33. The van der Waals surface area contributed by atoms with Gasteiger partial charge in [-0.15, -0.1) is 0 Å². The Morgan fingerprint density at radius 2 is 2.05 bits per heavy atom. The maximum absolute atomic E-state index is 11.2. The summed E-state index contributed by atoms with van der Waals surface area (Å²) in [4.78, 5) is 15.4. The molecule has 4 heteroatoms. The van der Waals surface area contributed by atoms with Crippen LogP contribution in [0.25, 0.3) is 10.9 Å². The number of hydrogen-bond acceptors (Lipinski definition) is 3. The first-order valence-electron chi connectivity index (χ1n) is 6.88. The van der Waals surface area contributed by atoms with Crippen molar-refractivity contribution in [2.75, 3.05) is 5.32 Å². The van der Waals surface area contributed by atoms with Crippen molar-refractivity contribution >= 4 is 22.6 Å². The Morgan fingerprint density at radius 3 is 2.70 bits per heavy atom. The Balaban J connectivity index is 2.09. The van der Waals surface area contributed by atoms with Crippen LogP contribution in [0.2, 0.25) is 0 Å². The van der Waals surface area contributed by atoms with E-state index in [-0.39, 0.29) is 11.2 Å². The van der Waals surface area contributed by atoms with Gasteiger partial charge < -0.3 is 10.4 Å². The molecule has 0 unspecified atom stereocenters. The predicted octanol–water partition coefficient (Wildman–Crippen LogP) is 3.53. The van der Waals surface area contributed by atoms with E-state index in [1.807, 2.05) is 24.3 Å². The van der Waals surface area contributed by atoms with Crippen molar-refractivity contribution in [1.82, 2.24) is 4.98 Å². The zero-order chi connectivity index (χ0) is 14.3. The molecule has 0 aliphatic heterocycles. The third-order valence-corrected chi connectivity index (χ3v) is 3.99. The van der Waals surface area contributed by atoms with E-state index in [0.717, 1.165) is 11.1 Å². The van der Waals surface area contributed by atoms with Gasteiger partial charge in [-0.3, -0.25) is 0 Å². The van der Waals surface area contributed by atoms with E-state index in [4.69, 9.17) is 0 Å². The molecule has 0 saturated heterocycles. The van der Waals surface area contributed by atoms with Crippen LogP contribution in [0.3, 0.4) is 0 Å². The Labute approximate surface area is 117 Å². The number of rotatable bonds is 4. The quantitative estimate of drug-likeness (QED) is 0.892. The molecular formula is C16H18N2O2. The van der Waals surface area contributed by atoms with Crippen molar-refractivity contribution in [2.24, 2.45) is 5.92 Å². The van der Waals surface area contributed by atoms with Crippen molar-refractivity contribution in [2.45, 2.75) is 32.2 Å². The summed E-state index contributed by atoms with van der Waals surface area (Å²) in [6.07, 6.45) is 2.46. The number of nitrogens with one attached hydrogen (secondary N) is 1. The van der Waals surface area contributed by atoms with Crippen LogP contribution < -0.4 is 5.32 Å². The summed E-state index contributed by atoms with van der Waals surface area (Å²) in [5, 5.41) is 13.7. The highest BCUT2D eigenvalue weighted by molar-refractivity contribution is 5.97. The van der Waals surface area contributed by atoms with Gasteiger partial charge in [0.2, 0.25) is 0 Å². The number of para-hydroxylation sites is 1. The number of benzene rings is 1. The number of aromatic nitrogens is 1. The van der Waals surface area contributed by atoms with Gasteiger partial charge >= 0.3 is 5.97 Å². The van der Waals surface area contributed by atoms with E-state index in [0.29, 0.717) is 11.4 Å².